The minimum Gasteiger partial charge on any atom is -0.394 e. The summed E-state index contributed by atoms with van der Waals surface area (Å²) in [6.45, 7) is 9.87. The van der Waals surface area contributed by atoms with Crippen LogP contribution in [-0.2, 0) is 28.8 Å². The van der Waals surface area contributed by atoms with Gasteiger partial charge >= 0.3 is 10.4 Å². The van der Waals surface area contributed by atoms with Crippen LogP contribution in [0.25, 0.3) is 0 Å². The molecule has 14 nitrogen and oxygen atoms in total. The van der Waals surface area contributed by atoms with E-state index in [4.69, 9.17) is 18.4 Å². The molecule has 8 N–H and O–H groups in total. The summed E-state index contributed by atoms with van der Waals surface area (Å²) in [7, 11) is -3.60. The summed E-state index contributed by atoms with van der Waals surface area (Å²) in [6.07, 6.45) is -3.64. The Hall–Kier alpha value is -0.790. The molecule has 1 saturated heterocycles. The van der Waals surface area contributed by atoms with Crippen molar-refractivity contribution >= 4 is 10.4 Å². The number of rotatable bonds is 11. The zero-order valence-electron chi connectivity index (χ0n) is 30.0. The molecule has 0 aromatic heterocycles. The Morgan fingerprint density at radius 1 is 0.940 bits per heavy atom. The SMILES string of the molecule is COC1C(O)C(CO)OC(OC[C@@H](C)[C@H](C)/C=C/C(C)[C@H]2CC(O)C3[C@]4(O)CC(OS(=O)(=O)O)C5[C@@H](O)[C@@H](O)CC[C@]5(C)C4CC[C@@]32C)C1O. The normalized spacial score (nSPS) is 49.9. The molecule has 0 aromatic carbocycles. The largest absolute Gasteiger partial charge is 0.397 e. The van der Waals surface area contributed by atoms with E-state index in [1.807, 2.05) is 20.8 Å². The van der Waals surface area contributed by atoms with Gasteiger partial charge in [-0.25, -0.2) is 4.18 Å². The van der Waals surface area contributed by atoms with Crippen LogP contribution in [0.1, 0.15) is 73.1 Å². The van der Waals surface area contributed by atoms with Gasteiger partial charge in [-0.15, -0.1) is 0 Å². The van der Waals surface area contributed by atoms with E-state index in [1.165, 1.54) is 7.11 Å². The Balaban J connectivity index is 1.30. The van der Waals surface area contributed by atoms with Crippen molar-refractivity contribution in [3.63, 3.8) is 0 Å². The highest BCUT2D eigenvalue weighted by atomic mass is 32.3. The van der Waals surface area contributed by atoms with Gasteiger partial charge in [-0.1, -0.05) is 46.8 Å². The molecule has 5 rings (SSSR count). The Morgan fingerprint density at radius 3 is 2.22 bits per heavy atom. The van der Waals surface area contributed by atoms with Gasteiger partial charge in [0, 0.05) is 25.4 Å². The Morgan fingerprint density at radius 2 is 1.60 bits per heavy atom. The van der Waals surface area contributed by atoms with Crippen LogP contribution >= 0.6 is 0 Å². The van der Waals surface area contributed by atoms with Gasteiger partial charge < -0.3 is 50.0 Å². The highest BCUT2D eigenvalue weighted by Crippen LogP contribution is 2.70. The lowest BCUT2D eigenvalue weighted by Crippen LogP contribution is -2.71. The zero-order valence-corrected chi connectivity index (χ0v) is 30.8. The summed E-state index contributed by atoms with van der Waals surface area (Å²) >= 11 is 0. The third kappa shape index (κ3) is 7.09. The van der Waals surface area contributed by atoms with Crippen molar-refractivity contribution in [1.82, 2.24) is 0 Å². The molecule has 5 aliphatic rings. The quantitative estimate of drug-likeness (QED) is 0.108. The lowest BCUT2D eigenvalue weighted by molar-refractivity contribution is -0.306. The van der Waals surface area contributed by atoms with E-state index >= 15 is 0 Å². The van der Waals surface area contributed by atoms with Gasteiger partial charge in [0.2, 0.25) is 0 Å². The van der Waals surface area contributed by atoms with Gasteiger partial charge in [0.25, 0.3) is 0 Å². The molecule has 0 radical (unpaired) electrons. The van der Waals surface area contributed by atoms with Crippen LogP contribution in [0.3, 0.4) is 0 Å². The van der Waals surface area contributed by atoms with Crippen LogP contribution in [-0.4, -0.2) is 130 Å². The van der Waals surface area contributed by atoms with E-state index < -0.39 is 106 Å². The Labute approximate surface area is 295 Å². The third-order valence-corrected chi connectivity index (χ3v) is 14.4. The maximum absolute atomic E-state index is 12.7. The molecule has 50 heavy (non-hydrogen) atoms. The molecule has 4 saturated carbocycles. The zero-order chi connectivity index (χ0) is 37.1. The molecule has 290 valence electrons. The van der Waals surface area contributed by atoms with Crippen LogP contribution in [0, 0.1) is 52.3 Å². The molecular formula is C35H60O14S. The number of hydrogen-bond donors (Lipinski definition) is 8. The monoisotopic (exact) mass is 736 g/mol. The molecule has 4 aliphatic carbocycles. The number of fused-ring (bicyclic) bond motifs is 5. The van der Waals surface area contributed by atoms with E-state index in [1.54, 1.807) is 0 Å². The highest BCUT2D eigenvalue weighted by molar-refractivity contribution is 7.80. The average molecular weight is 737 g/mol. The van der Waals surface area contributed by atoms with Gasteiger partial charge in [0.05, 0.1) is 43.2 Å². The molecule has 0 amide bonds. The molecule has 0 aromatic rings. The molecule has 1 aliphatic heterocycles. The first-order chi connectivity index (χ1) is 23.2. The van der Waals surface area contributed by atoms with Crippen molar-refractivity contribution in [2.24, 2.45) is 52.3 Å². The van der Waals surface area contributed by atoms with Gasteiger partial charge in [0.15, 0.2) is 6.29 Å². The number of aliphatic hydroxyl groups is 7. The summed E-state index contributed by atoms with van der Waals surface area (Å²) in [5.41, 5.74) is -2.89. The molecule has 5 fully saturated rings. The predicted octanol–water partition coefficient (Wildman–Crippen LogP) is 0.796. The second kappa shape index (κ2) is 14.8. The first kappa shape index (κ1) is 40.4. The van der Waals surface area contributed by atoms with E-state index in [0.29, 0.717) is 25.7 Å². The average Bonchev–Trinajstić information content (AvgIpc) is 3.31. The predicted molar refractivity (Wildman–Crippen MR) is 178 cm³/mol. The van der Waals surface area contributed by atoms with Crippen molar-refractivity contribution < 1.29 is 67.1 Å². The first-order valence-electron chi connectivity index (χ1n) is 18.1. The lowest BCUT2D eigenvalue weighted by atomic mass is 9.41. The minimum atomic E-state index is -4.96. The second-order valence-corrected chi connectivity index (χ2v) is 17.7. The standard InChI is InChI=1S/C35H60O14S/c1-17(19(3)16-47-32-29(41)30(46-6)28(40)24(15-36)48-32)7-8-18(2)20-13-22(38)31-33(20,4)12-10-25-34(5)11-9-21(37)27(39)26(34)23(14-35(25,31)42)49-50(43,44)45/h7-8,17-32,36-42H,9-16H2,1-6H3,(H,43,44,45)/b8-7+/t17-,18?,19-,20-,21+,22?,23?,24?,25?,26?,27+,28?,29?,30?,31?,32?,33-,34-,35+/m1/s1. The van der Waals surface area contributed by atoms with Crippen molar-refractivity contribution in [2.45, 2.75) is 134 Å². The summed E-state index contributed by atoms with van der Waals surface area (Å²) in [6, 6.07) is 0. The van der Waals surface area contributed by atoms with E-state index in [9.17, 15) is 48.7 Å². The molecule has 0 bridgehead atoms. The number of aliphatic hydroxyl groups excluding tert-OH is 6. The Kier molecular flexibility index (Phi) is 12.0. The molecule has 1 heterocycles. The van der Waals surface area contributed by atoms with Gasteiger partial charge in [0.1, 0.15) is 24.4 Å². The van der Waals surface area contributed by atoms with Crippen molar-refractivity contribution in [2.75, 3.05) is 20.3 Å². The fourth-order valence-electron chi connectivity index (χ4n) is 11.2. The fourth-order valence-corrected chi connectivity index (χ4v) is 11.7. The first-order valence-corrected chi connectivity index (χ1v) is 19.5. The van der Waals surface area contributed by atoms with E-state index in [2.05, 4.69) is 26.0 Å². The number of ether oxygens (including phenoxy) is 3. The second-order valence-electron chi connectivity index (χ2n) is 16.7. The Bertz CT molecular complexity index is 1320. The molecular weight excluding hydrogens is 676 g/mol. The van der Waals surface area contributed by atoms with Crippen LogP contribution in [0.4, 0.5) is 0 Å². The minimum absolute atomic E-state index is 0.00317. The smallest absolute Gasteiger partial charge is 0.394 e. The maximum Gasteiger partial charge on any atom is 0.397 e. The lowest BCUT2D eigenvalue weighted by Gasteiger charge is -2.66. The van der Waals surface area contributed by atoms with Crippen LogP contribution < -0.4 is 0 Å². The number of hydrogen-bond acceptors (Lipinski definition) is 13. The maximum atomic E-state index is 12.7. The van der Waals surface area contributed by atoms with Crippen LogP contribution in [0.15, 0.2) is 12.2 Å². The van der Waals surface area contributed by atoms with Gasteiger partial charge in [-0.2, -0.15) is 8.42 Å². The van der Waals surface area contributed by atoms with Crippen LogP contribution in [0.5, 0.6) is 0 Å². The van der Waals surface area contributed by atoms with Crippen molar-refractivity contribution in [1.29, 1.82) is 0 Å². The molecule has 19 atom stereocenters. The van der Waals surface area contributed by atoms with Crippen molar-refractivity contribution in [3.8, 4) is 0 Å². The third-order valence-electron chi connectivity index (χ3n) is 13.9. The topological polar surface area (TPSA) is 233 Å². The van der Waals surface area contributed by atoms with Crippen LogP contribution in [0.2, 0.25) is 0 Å². The summed E-state index contributed by atoms with van der Waals surface area (Å²) in [4.78, 5) is 0. The van der Waals surface area contributed by atoms with Gasteiger partial charge in [-0.05, 0) is 72.5 Å². The van der Waals surface area contributed by atoms with E-state index in [0.717, 1.165) is 0 Å². The molecule has 15 heteroatoms. The summed E-state index contributed by atoms with van der Waals surface area (Å²) in [5.74, 6) is -1.86. The fraction of sp³-hybridized carbons (Fsp3) is 0.943. The summed E-state index contributed by atoms with van der Waals surface area (Å²) in [5, 5.41) is 76.5. The molecule has 0 spiro atoms. The molecule has 11 unspecified atom stereocenters. The highest BCUT2D eigenvalue weighted by Gasteiger charge is 2.72. The summed E-state index contributed by atoms with van der Waals surface area (Å²) < 4.78 is 55.6. The van der Waals surface area contributed by atoms with Gasteiger partial charge in [-0.3, -0.25) is 4.55 Å². The van der Waals surface area contributed by atoms with E-state index in [-0.39, 0.29) is 43.1 Å². The number of methoxy groups -OCH3 is 1. The van der Waals surface area contributed by atoms with Crippen molar-refractivity contribution in [3.05, 3.63) is 12.2 Å². The number of allylic oxidation sites excluding steroid dienone is 2.